The highest BCUT2D eigenvalue weighted by Crippen LogP contribution is 2.36. The first-order valence-electron chi connectivity index (χ1n) is 11.9. The average Bonchev–Trinajstić information content (AvgIpc) is 3.28. The third-order valence-corrected chi connectivity index (χ3v) is 6.17. The zero-order chi connectivity index (χ0) is 23.2. The van der Waals surface area contributed by atoms with E-state index in [2.05, 4.69) is 79.5 Å². The van der Waals surface area contributed by atoms with Crippen molar-refractivity contribution >= 4 is 17.1 Å². The van der Waals surface area contributed by atoms with Gasteiger partial charge in [0.1, 0.15) is 6.33 Å². The van der Waals surface area contributed by atoms with Crippen LogP contribution in [-0.4, -0.2) is 22.8 Å². The lowest BCUT2D eigenvalue weighted by atomic mass is 9.91. The Labute approximate surface area is 196 Å². The van der Waals surface area contributed by atoms with Crippen LogP contribution in [0.25, 0.3) is 33.3 Å². The molecule has 4 nitrogen and oxygen atoms in total. The van der Waals surface area contributed by atoms with E-state index in [0.29, 0.717) is 0 Å². The Kier molecular flexibility index (Phi) is 7.23. The molecule has 170 valence electrons. The summed E-state index contributed by atoms with van der Waals surface area (Å²) in [4.78, 5) is 16.8. The number of nitrogens with zero attached hydrogens (tertiary/aromatic N) is 2. The van der Waals surface area contributed by atoms with E-state index < -0.39 is 6.09 Å². The average molecular weight is 441 g/mol. The normalized spacial score (nSPS) is 11.1. The van der Waals surface area contributed by atoms with Gasteiger partial charge in [0.05, 0.1) is 18.1 Å². The standard InChI is InChI=1S/C29H32N2O2/c1-4-6-10-21-12-8-14-23(16-21)25-18-27-28(31(20-30-27)29(32)33-3)19-26(25)24-15-9-13-22(17-24)11-7-5-2/h8-9,12-20H,4-7,10-11H2,1-3H3. The van der Waals surface area contributed by atoms with E-state index in [0.717, 1.165) is 40.6 Å². The summed E-state index contributed by atoms with van der Waals surface area (Å²) in [6, 6.07) is 21.7. The van der Waals surface area contributed by atoms with E-state index in [1.165, 1.54) is 54.1 Å². The Morgan fingerprint density at radius 2 is 1.42 bits per heavy atom. The molecule has 0 fully saturated rings. The molecule has 0 spiro atoms. The summed E-state index contributed by atoms with van der Waals surface area (Å²) in [7, 11) is 1.39. The van der Waals surface area contributed by atoms with Gasteiger partial charge in [-0.05, 0) is 71.2 Å². The molecule has 4 rings (SSSR count). The number of benzene rings is 3. The van der Waals surface area contributed by atoms with Gasteiger partial charge in [0.2, 0.25) is 0 Å². The summed E-state index contributed by atoms with van der Waals surface area (Å²) in [5.41, 5.74) is 8.75. The number of hydrogen-bond acceptors (Lipinski definition) is 3. The fourth-order valence-corrected chi connectivity index (χ4v) is 4.33. The minimum atomic E-state index is -0.436. The number of hydrogen-bond donors (Lipinski definition) is 0. The number of aromatic nitrogens is 2. The first-order valence-corrected chi connectivity index (χ1v) is 11.9. The molecule has 0 saturated heterocycles. The summed E-state index contributed by atoms with van der Waals surface area (Å²) in [5.74, 6) is 0. The lowest BCUT2D eigenvalue weighted by molar-refractivity contribution is 0.174. The zero-order valence-electron chi connectivity index (χ0n) is 19.8. The SMILES string of the molecule is CCCCc1cccc(-c2cc3ncn(C(=O)OC)c3cc2-c2cccc(CCCC)c2)c1. The van der Waals surface area contributed by atoms with Crippen LogP contribution >= 0.6 is 0 Å². The van der Waals surface area contributed by atoms with Gasteiger partial charge in [0, 0.05) is 0 Å². The van der Waals surface area contributed by atoms with E-state index in [9.17, 15) is 4.79 Å². The third kappa shape index (κ3) is 5.00. The zero-order valence-corrected chi connectivity index (χ0v) is 19.8. The van der Waals surface area contributed by atoms with Crippen molar-refractivity contribution < 1.29 is 9.53 Å². The van der Waals surface area contributed by atoms with Crippen LogP contribution in [0.15, 0.2) is 67.0 Å². The number of methoxy groups -OCH3 is 1. The lowest BCUT2D eigenvalue weighted by Gasteiger charge is -2.14. The van der Waals surface area contributed by atoms with E-state index in [1.807, 2.05) is 0 Å². The Hall–Kier alpha value is -3.40. The second-order valence-electron chi connectivity index (χ2n) is 8.58. The minimum absolute atomic E-state index is 0.436. The molecule has 0 saturated carbocycles. The second kappa shape index (κ2) is 10.5. The molecule has 0 N–H and O–H groups in total. The maximum Gasteiger partial charge on any atom is 0.419 e. The van der Waals surface area contributed by atoms with Crippen LogP contribution in [0.2, 0.25) is 0 Å². The largest absolute Gasteiger partial charge is 0.452 e. The molecule has 1 aromatic heterocycles. The Balaban J connectivity index is 1.89. The number of fused-ring (bicyclic) bond motifs is 1. The molecule has 0 atom stereocenters. The number of carbonyl (C=O) groups is 1. The Morgan fingerprint density at radius 1 is 0.848 bits per heavy atom. The molecular weight excluding hydrogens is 408 g/mol. The van der Waals surface area contributed by atoms with Crippen molar-refractivity contribution in [2.24, 2.45) is 0 Å². The number of unbranched alkanes of at least 4 members (excludes halogenated alkanes) is 2. The summed E-state index contributed by atoms with van der Waals surface area (Å²) in [6.07, 6.45) is 7.94. The first-order chi connectivity index (χ1) is 16.1. The molecule has 33 heavy (non-hydrogen) atoms. The van der Waals surface area contributed by atoms with Gasteiger partial charge in [-0.2, -0.15) is 0 Å². The minimum Gasteiger partial charge on any atom is -0.452 e. The lowest BCUT2D eigenvalue weighted by Crippen LogP contribution is -2.09. The van der Waals surface area contributed by atoms with Crippen molar-refractivity contribution in [3.8, 4) is 22.3 Å². The van der Waals surface area contributed by atoms with Crippen LogP contribution < -0.4 is 0 Å². The smallest absolute Gasteiger partial charge is 0.419 e. The highest BCUT2D eigenvalue weighted by Gasteiger charge is 2.16. The van der Waals surface area contributed by atoms with Crippen LogP contribution in [0.5, 0.6) is 0 Å². The monoisotopic (exact) mass is 440 g/mol. The molecule has 0 bridgehead atoms. The molecule has 0 aliphatic carbocycles. The van der Waals surface area contributed by atoms with Crippen molar-refractivity contribution in [1.82, 2.24) is 9.55 Å². The quantitative estimate of drug-likeness (QED) is 0.282. The first kappa shape index (κ1) is 22.8. The van der Waals surface area contributed by atoms with Gasteiger partial charge < -0.3 is 4.74 Å². The molecule has 3 aromatic carbocycles. The van der Waals surface area contributed by atoms with Crippen molar-refractivity contribution in [3.63, 3.8) is 0 Å². The highest BCUT2D eigenvalue weighted by atomic mass is 16.5. The number of aryl methyl sites for hydroxylation is 2. The summed E-state index contributed by atoms with van der Waals surface area (Å²) in [6.45, 7) is 4.44. The van der Waals surface area contributed by atoms with Gasteiger partial charge in [-0.15, -0.1) is 0 Å². The van der Waals surface area contributed by atoms with Crippen LogP contribution in [0.4, 0.5) is 4.79 Å². The maximum atomic E-state index is 12.3. The predicted octanol–water partition coefficient (Wildman–Crippen LogP) is 7.67. The van der Waals surface area contributed by atoms with E-state index in [1.54, 1.807) is 6.33 Å². The number of rotatable bonds is 8. The number of imidazole rings is 1. The van der Waals surface area contributed by atoms with Crippen molar-refractivity contribution in [3.05, 3.63) is 78.1 Å². The molecule has 0 amide bonds. The molecule has 4 aromatic rings. The second-order valence-corrected chi connectivity index (χ2v) is 8.58. The molecule has 1 heterocycles. The summed E-state index contributed by atoms with van der Waals surface area (Å²) >= 11 is 0. The van der Waals surface area contributed by atoms with Gasteiger partial charge >= 0.3 is 6.09 Å². The van der Waals surface area contributed by atoms with Gasteiger partial charge in [-0.3, -0.25) is 0 Å². The molecular formula is C29H32N2O2. The van der Waals surface area contributed by atoms with Gasteiger partial charge in [-0.1, -0.05) is 75.2 Å². The van der Waals surface area contributed by atoms with Gasteiger partial charge in [-0.25, -0.2) is 14.3 Å². The Morgan fingerprint density at radius 3 is 1.97 bits per heavy atom. The van der Waals surface area contributed by atoms with Crippen LogP contribution in [0.3, 0.4) is 0 Å². The molecule has 0 aliphatic rings. The number of carbonyl (C=O) groups excluding carboxylic acids is 1. The van der Waals surface area contributed by atoms with Crippen LogP contribution in [-0.2, 0) is 17.6 Å². The third-order valence-electron chi connectivity index (χ3n) is 6.17. The van der Waals surface area contributed by atoms with Crippen LogP contribution in [0, 0.1) is 0 Å². The summed E-state index contributed by atoms with van der Waals surface area (Å²) in [5, 5.41) is 0. The van der Waals surface area contributed by atoms with Crippen molar-refractivity contribution in [2.45, 2.75) is 52.4 Å². The van der Waals surface area contributed by atoms with Gasteiger partial charge in [0.25, 0.3) is 0 Å². The van der Waals surface area contributed by atoms with Gasteiger partial charge in [0.15, 0.2) is 0 Å². The van der Waals surface area contributed by atoms with E-state index in [-0.39, 0.29) is 0 Å². The van der Waals surface area contributed by atoms with E-state index >= 15 is 0 Å². The fourth-order valence-electron chi connectivity index (χ4n) is 4.33. The number of ether oxygens (including phenoxy) is 1. The van der Waals surface area contributed by atoms with Crippen LogP contribution in [0.1, 0.15) is 50.7 Å². The predicted molar refractivity (Wildman–Crippen MR) is 136 cm³/mol. The van der Waals surface area contributed by atoms with E-state index in [4.69, 9.17) is 4.74 Å². The topological polar surface area (TPSA) is 44.1 Å². The Bertz CT molecular complexity index is 1260. The highest BCUT2D eigenvalue weighted by molar-refractivity contribution is 5.96. The molecule has 0 radical (unpaired) electrons. The molecule has 0 aliphatic heterocycles. The molecule has 0 unspecified atom stereocenters. The maximum absolute atomic E-state index is 12.3. The molecule has 4 heteroatoms. The van der Waals surface area contributed by atoms with Crippen molar-refractivity contribution in [1.29, 1.82) is 0 Å². The van der Waals surface area contributed by atoms with Crippen molar-refractivity contribution in [2.75, 3.05) is 7.11 Å². The fraction of sp³-hybridized carbons (Fsp3) is 0.310. The summed E-state index contributed by atoms with van der Waals surface area (Å²) < 4.78 is 6.44.